The van der Waals surface area contributed by atoms with Crippen molar-refractivity contribution in [3.05, 3.63) is 90.0 Å². The number of aromatic nitrogens is 4. The van der Waals surface area contributed by atoms with Gasteiger partial charge in [-0.25, -0.2) is 5.10 Å². The number of benzene rings is 3. The summed E-state index contributed by atoms with van der Waals surface area (Å²) in [6.07, 6.45) is 1.83. The van der Waals surface area contributed by atoms with Crippen molar-refractivity contribution in [1.29, 1.82) is 0 Å². The van der Waals surface area contributed by atoms with E-state index >= 15 is 0 Å². The highest BCUT2D eigenvalue weighted by atomic mass is 32.1. The number of rotatable bonds is 13. The summed E-state index contributed by atoms with van der Waals surface area (Å²) < 4.78 is 0. The van der Waals surface area contributed by atoms with E-state index in [1.54, 1.807) is 0 Å². The normalized spacial score (nSPS) is 12.1. The van der Waals surface area contributed by atoms with Crippen LogP contribution in [0.25, 0.3) is 22.5 Å². The van der Waals surface area contributed by atoms with Gasteiger partial charge in [-0.2, -0.15) is 12.6 Å². The van der Waals surface area contributed by atoms with Crippen LogP contribution >= 0.6 is 12.6 Å². The van der Waals surface area contributed by atoms with Crippen LogP contribution in [0, 0.1) is 5.92 Å². The molecular weight excluding hydrogens is 532 g/mol. The lowest BCUT2D eigenvalue weighted by molar-refractivity contribution is -0.134. The van der Waals surface area contributed by atoms with Gasteiger partial charge in [0.25, 0.3) is 0 Å². The number of carbonyl (C=O) groups excluding carboxylic acids is 2. The molecule has 4 aromatic rings. The van der Waals surface area contributed by atoms with E-state index in [2.05, 4.69) is 38.6 Å². The smallest absolute Gasteiger partial charge is 0.224 e. The molecule has 0 spiro atoms. The molecule has 0 saturated heterocycles. The predicted octanol–water partition coefficient (Wildman–Crippen LogP) is 5.35. The van der Waals surface area contributed by atoms with Crippen LogP contribution in [0.5, 0.6) is 0 Å². The summed E-state index contributed by atoms with van der Waals surface area (Å²) in [5, 5.41) is 17.5. The third-order valence-corrected chi connectivity index (χ3v) is 7.39. The Kier molecular flexibility index (Phi) is 10.3. The van der Waals surface area contributed by atoms with Crippen molar-refractivity contribution in [3.63, 3.8) is 0 Å². The quantitative estimate of drug-likeness (QED) is 0.188. The van der Waals surface area contributed by atoms with Crippen molar-refractivity contribution in [2.75, 3.05) is 12.3 Å². The van der Waals surface area contributed by atoms with E-state index in [0.717, 1.165) is 34.2 Å². The minimum atomic E-state index is -0.623. The number of nitrogens with one attached hydrogen (secondary N) is 2. The summed E-state index contributed by atoms with van der Waals surface area (Å²) in [5.41, 5.74) is 4.43. The van der Waals surface area contributed by atoms with Crippen LogP contribution in [0.1, 0.15) is 44.7 Å². The molecule has 4 rings (SSSR count). The second kappa shape index (κ2) is 14.1. The zero-order chi connectivity index (χ0) is 29.2. The molecule has 0 aliphatic carbocycles. The Morgan fingerprint density at radius 2 is 1.63 bits per heavy atom. The Morgan fingerprint density at radius 1 is 0.951 bits per heavy atom. The maximum Gasteiger partial charge on any atom is 0.224 e. The molecule has 0 aliphatic rings. The molecule has 0 fully saturated rings. The summed E-state index contributed by atoms with van der Waals surface area (Å²) in [6, 6.07) is 26.1. The number of H-pyrrole nitrogens is 1. The largest absolute Gasteiger partial charge is 0.349 e. The lowest BCUT2D eigenvalue weighted by Crippen LogP contribution is -2.54. The number of hydrogen-bond acceptors (Lipinski definition) is 6. The Labute approximate surface area is 247 Å². The molecule has 214 valence electrons. The van der Waals surface area contributed by atoms with Gasteiger partial charge in [0.1, 0.15) is 0 Å². The van der Waals surface area contributed by atoms with E-state index in [0.29, 0.717) is 37.5 Å². The summed E-state index contributed by atoms with van der Waals surface area (Å²) in [6.45, 7) is 6.78. The number of hydrogen-bond donors (Lipinski definition) is 3. The summed E-state index contributed by atoms with van der Waals surface area (Å²) >= 11 is 4.45. The molecule has 1 aromatic heterocycles. The molecule has 0 saturated carbocycles. The molecule has 2 N–H and O–H groups in total. The number of carbonyl (C=O) groups is 2. The van der Waals surface area contributed by atoms with Gasteiger partial charge >= 0.3 is 0 Å². The van der Waals surface area contributed by atoms with E-state index in [1.165, 1.54) is 0 Å². The highest BCUT2D eigenvalue weighted by Crippen LogP contribution is 2.30. The molecule has 41 heavy (non-hydrogen) atoms. The highest BCUT2D eigenvalue weighted by molar-refractivity contribution is 7.80. The zero-order valence-electron chi connectivity index (χ0n) is 23.9. The Bertz CT molecular complexity index is 1410. The first-order chi connectivity index (χ1) is 19.8. The number of thiol groups is 1. The Balaban J connectivity index is 1.46. The van der Waals surface area contributed by atoms with Crippen molar-refractivity contribution in [2.45, 2.75) is 52.1 Å². The van der Waals surface area contributed by atoms with Crippen LogP contribution in [-0.2, 0) is 22.6 Å². The van der Waals surface area contributed by atoms with E-state index in [9.17, 15) is 9.59 Å². The molecular formula is C32H38N6O2S. The molecule has 8 nitrogen and oxygen atoms in total. The van der Waals surface area contributed by atoms with Gasteiger partial charge in [0.15, 0.2) is 5.82 Å². The van der Waals surface area contributed by atoms with Gasteiger partial charge in [-0.1, -0.05) is 85.8 Å². The SMILES string of the molecule is CCCC(=O)N(Cc1ccc(-c2ccccc2-c2nnn[nH]2)cc1)CC(C)(C)NC(=O)[C@@H](CS)Cc1ccccc1. The molecule has 0 unspecified atom stereocenters. The van der Waals surface area contributed by atoms with Crippen LogP contribution in [0.4, 0.5) is 0 Å². The average Bonchev–Trinajstić information content (AvgIpc) is 3.51. The fourth-order valence-corrected chi connectivity index (χ4v) is 5.21. The lowest BCUT2D eigenvalue weighted by atomic mass is 9.97. The topological polar surface area (TPSA) is 104 Å². The van der Waals surface area contributed by atoms with E-state index in [1.807, 2.05) is 105 Å². The van der Waals surface area contributed by atoms with E-state index in [4.69, 9.17) is 0 Å². The molecule has 1 atom stereocenters. The second-order valence-electron chi connectivity index (χ2n) is 10.9. The van der Waals surface area contributed by atoms with Crippen molar-refractivity contribution in [3.8, 4) is 22.5 Å². The first-order valence-electron chi connectivity index (χ1n) is 14.0. The number of aromatic amines is 1. The Morgan fingerprint density at radius 3 is 2.27 bits per heavy atom. The minimum Gasteiger partial charge on any atom is -0.349 e. The summed E-state index contributed by atoms with van der Waals surface area (Å²) in [7, 11) is 0. The molecule has 2 amide bonds. The van der Waals surface area contributed by atoms with E-state index in [-0.39, 0.29) is 17.7 Å². The number of tetrazole rings is 1. The second-order valence-corrected chi connectivity index (χ2v) is 11.3. The average molecular weight is 571 g/mol. The van der Waals surface area contributed by atoms with Crippen LogP contribution in [0.15, 0.2) is 78.9 Å². The van der Waals surface area contributed by atoms with Crippen molar-refractivity contribution in [1.82, 2.24) is 30.8 Å². The van der Waals surface area contributed by atoms with Gasteiger partial charge in [0.2, 0.25) is 11.8 Å². The fourth-order valence-electron chi connectivity index (χ4n) is 4.92. The number of nitrogens with zero attached hydrogens (tertiary/aromatic N) is 4. The molecule has 0 bridgehead atoms. The van der Waals surface area contributed by atoms with Crippen LogP contribution in [-0.4, -0.2) is 55.2 Å². The first kappa shape index (κ1) is 30.0. The van der Waals surface area contributed by atoms with Gasteiger partial charge in [0.05, 0.1) is 11.5 Å². The minimum absolute atomic E-state index is 0.0540. The lowest BCUT2D eigenvalue weighted by Gasteiger charge is -2.35. The zero-order valence-corrected chi connectivity index (χ0v) is 24.8. The fraction of sp³-hybridized carbons (Fsp3) is 0.344. The molecule has 0 aliphatic heterocycles. The molecule has 9 heteroatoms. The maximum atomic E-state index is 13.2. The first-order valence-corrected chi connectivity index (χ1v) is 14.6. The van der Waals surface area contributed by atoms with Gasteiger partial charge < -0.3 is 10.2 Å². The van der Waals surface area contributed by atoms with Crippen molar-refractivity contribution >= 4 is 24.4 Å². The van der Waals surface area contributed by atoms with E-state index < -0.39 is 5.54 Å². The molecule has 0 radical (unpaired) electrons. The van der Waals surface area contributed by atoms with Gasteiger partial charge in [-0.3, -0.25) is 9.59 Å². The van der Waals surface area contributed by atoms with Gasteiger partial charge in [-0.15, -0.1) is 5.10 Å². The Hall–Kier alpha value is -3.98. The van der Waals surface area contributed by atoms with Gasteiger partial charge in [-0.05, 0) is 59.4 Å². The van der Waals surface area contributed by atoms with Gasteiger partial charge in [0, 0.05) is 30.8 Å². The maximum absolute atomic E-state index is 13.2. The number of amides is 2. The third-order valence-electron chi connectivity index (χ3n) is 6.95. The summed E-state index contributed by atoms with van der Waals surface area (Å²) in [5.74, 6) is 0.800. The van der Waals surface area contributed by atoms with Crippen LogP contribution < -0.4 is 5.32 Å². The molecule has 3 aromatic carbocycles. The monoisotopic (exact) mass is 570 g/mol. The highest BCUT2D eigenvalue weighted by Gasteiger charge is 2.29. The standard InChI is InChI=1S/C32H38N6O2S/c1-4-10-29(39)38(22-32(2,3)33-31(40)26(21-41)19-23-11-6-5-7-12-23)20-24-15-17-25(18-16-24)27-13-8-9-14-28(27)30-34-36-37-35-30/h5-9,11-18,26,41H,4,10,19-22H2,1-3H3,(H,33,40)(H,34,35,36,37)/t26-/m1/s1. The predicted molar refractivity (Wildman–Crippen MR) is 165 cm³/mol. The van der Waals surface area contributed by atoms with Crippen molar-refractivity contribution in [2.24, 2.45) is 5.92 Å². The molecule has 1 heterocycles. The summed E-state index contributed by atoms with van der Waals surface area (Å²) in [4.78, 5) is 28.3. The van der Waals surface area contributed by atoms with Crippen LogP contribution in [0.3, 0.4) is 0 Å². The van der Waals surface area contributed by atoms with Crippen LogP contribution in [0.2, 0.25) is 0 Å². The third kappa shape index (κ3) is 8.27. The van der Waals surface area contributed by atoms with Crippen molar-refractivity contribution < 1.29 is 9.59 Å².